The van der Waals surface area contributed by atoms with Crippen LogP contribution >= 0.6 is 0 Å². The van der Waals surface area contributed by atoms with Gasteiger partial charge in [0.05, 0.1) is 13.5 Å². The fourth-order valence-electron chi connectivity index (χ4n) is 3.38. The monoisotopic (exact) mass is 227 g/mol. The van der Waals surface area contributed by atoms with Crippen LogP contribution in [-0.2, 0) is 9.53 Å². The Kier molecular flexibility index (Phi) is 4.78. The molecule has 3 heteroatoms. The Bertz CT molecular complexity index is 242. The number of hydrogen-bond donors (Lipinski definition) is 1. The molecule has 0 radical (unpaired) electrons. The van der Waals surface area contributed by atoms with Crippen molar-refractivity contribution in [3.05, 3.63) is 0 Å². The zero-order chi connectivity index (χ0) is 12.2. The average Bonchev–Trinajstić information content (AvgIpc) is 2.71. The molecular formula is C13H25NO2. The molecule has 0 amide bonds. The Morgan fingerprint density at radius 2 is 2.25 bits per heavy atom. The molecule has 3 atom stereocenters. The summed E-state index contributed by atoms with van der Waals surface area (Å²) < 4.78 is 4.83. The molecule has 0 bridgehead atoms. The molecule has 94 valence electrons. The van der Waals surface area contributed by atoms with Gasteiger partial charge in [0.2, 0.25) is 0 Å². The van der Waals surface area contributed by atoms with E-state index in [1.54, 1.807) is 0 Å². The second-order valence-electron chi connectivity index (χ2n) is 5.00. The van der Waals surface area contributed by atoms with Crippen LogP contribution in [0, 0.1) is 11.3 Å². The van der Waals surface area contributed by atoms with Gasteiger partial charge in [0, 0.05) is 6.04 Å². The molecule has 0 aromatic carbocycles. The summed E-state index contributed by atoms with van der Waals surface area (Å²) in [4.78, 5) is 11.6. The van der Waals surface area contributed by atoms with Crippen LogP contribution in [0.4, 0.5) is 0 Å². The van der Waals surface area contributed by atoms with Crippen molar-refractivity contribution in [1.29, 1.82) is 0 Å². The van der Waals surface area contributed by atoms with Crippen LogP contribution in [0.3, 0.4) is 0 Å². The molecule has 0 aromatic heterocycles. The molecule has 0 heterocycles. The van der Waals surface area contributed by atoms with E-state index in [0.29, 0.717) is 12.3 Å². The van der Waals surface area contributed by atoms with E-state index in [0.717, 1.165) is 19.3 Å². The molecule has 1 rings (SSSR count). The third-order valence-corrected chi connectivity index (χ3v) is 4.38. The van der Waals surface area contributed by atoms with E-state index >= 15 is 0 Å². The molecule has 1 aliphatic carbocycles. The maximum atomic E-state index is 11.6. The van der Waals surface area contributed by atoms with Gasteiger partial charge in [-0.25, -0.2) is 0 Å². The quantitative estimate of drug-likeness (QED) is 0.734. The molecular weight excluding hydrogens is 202 g/mol. The van der Waals surface area contributed by atoms with E-state index in [2.05, 4.69) is 13.8 Å². The zero-order valence-corrected chi connectivity index (χ0v) is 10.8. The maximum Gasteiger partial charge on any atom is 0.306 e. The van der Waals surface area contributed by atoms with Gasteiger partial charge >= 0.3 is 5.97 Å². The standard InChI is InChI=1S/C13H25NO2/c1-4-10-7-6-8-13(10,11(14)5-2)9-12(15)16-3/h10-11H,4-9,14H2,1-3H3. The Hall–Kier alpha value is -0.570. The Morgan fingerprint density at radius 3 is 2.75 bits per heavy atom. The number of ether oxygens (including phenoxy) is 1. The molecule has 0 spiro atoms. The van der Waals surface area contributed by atoms with E-state index in [4.69, 9.17) is 10.5 Å². The second-order valence-corrected chi connectivity index (χ2v) is 5.00. The molecule has 3 nitrogen and oxygen atoms in total. The number of rotatable bonds is 5. The number of carbonyl (C=O) groups is 1. The number of hydrogen-bond acceptors (Lipinski definition) is 3. The van der Waals surface area contributed by atoms with Gasteiger partial charge in [0.25, 0.3) is 0 Å². The number of carbonyl (C=O) groups excluding carboxylic acids is 1. The lowest BCUT2D eigenvalue weighted by Crippen LogP contribution is -2.45. The summed E-state index contributed by atoms with van der Waals surface area (Å²) in [6.45, 7) is 4.30. The summed E-state index contributed by atoms with van der Waals surface area (Å²) in [5.74, 6) is 0.478. The Morgan fingerprint density at radius 1 is 1.56 bits per heavy atom. The minimum Gasteiger partial charge on any atom is -0.469 e. The van der Waals surface area contributed by atoms with Crippen LogP contribution in [-0.4, -0.2) is 19.1 Å². The van der Waals surface area contributed by atoms with E-state index < -0.39 is 0 Å². The highest BCUT2D eigenvalue weighted by Gasteiger charge is 2.47. The van der Waals surface area contributed by atoms with Crippen LogP contribution in [0.15, 0.2) is 0 Å². The highest BCUT2D eigenvalue weighted by molar-refractivity contribution is 5.70. The number of nitrogens with two attached hydrogens (primary N) is 1. The fraction of sp³-hybridized carbons (Fsp3) is 0.923. The van der Waals surface area contributed by atoms with Gasteiger partial charge in [-0.1, -0.05) is 26.7 Å². The van der Waals surface area contributed by atoms with Crippen LogP contribution in [0.1, 0.15) is 52.4 Å². The van der Waals surface area contributed by atoms with Crippen LogP contribution < -0.4 is 5.73 Å². The number of esters is 1. The predicted octanol–water partition coefficient (Wildman–Crippen LogP) is 2.48. The maximum absolute atomic E-state index is 11.6. The average molecular weight is 227 g/mol. The van der Waals surface area contributed by atoms with Gasteiger partial charge in [-0.3, -0.25) is 4.79 Å². The Labute approximate surface area is 98.7 Å². The molecule has 3 unspecified atom stereocenters. The summed E-state index contributed by atoms with van der Waals surface area (Å²) in [6.07, 6.45) is 6.04. The highest BCUT2D eigenvalue weighted by Crippen LogP contribution is 2.50. The van der Waals surface area contributed by atoms with Gasteiger partial charge < -0.3 is 10.5 Å². The lowest BCUT2D eigenvalue weighted by atomic mass is 9.68. The van der Waals surface area contributed by atoms with Crippen molar-refractivity contribution < 1.29 is 9.53 Å². The summed E-state index contributed by atoms with van der Waals surface area (Å²) in [5.41, 5.74) is 6.27. The second kappa shape index (κ2) is 5.67. The lowest BCUT2D eigenvalue weighted by Gasteiger charge is -2.39. The number of methoxy groups -OCH3 is 1. The minimum absolute atomic E-state index is 0.00338. The highest BCUT2D eigenvalue weighted by atomic mass is 16.5. The molecule has 0 aromatic rings. The zero-order valence-electron chi connectivity index (χ0n) is 10.8. The molecule has 0 saturated heterocycles. The molecule has 2 N–H and O–H groups in total. The van der Waals surface area contributed by atoms with Gasteiger partial charge in [-0.2, -0.15) is 0 Å². The van der Waals surface area contributed by atoms with Gasteiger partial charge in [-0.15, -0.1) is 0 Å². The van der Waals surface area contributed by atoms with Gasteiger partial charge in [0.15, 0.2) is 0 Å². The smallest absolute Gasteiger partial charge is 0.306 e. The van der Waals surface area contributed by atoms with Gasteiger partial charge in [0.1, 0.15) is 0 Å². The first-order chi connectivity index (χ1) is 7.60. The van der Waals surface area contributed by atoms with Crippen LogP contribution in [0.25, 0.3) is 0 Å². The lowest BCUT2D eigenvalue weighted by molar-refractivity contribution is -0.144. The summed E-state index contributed by atoms with van der Waals surface area (Å²) in [7, 11) is 1.46. The molecule has 1 aliphatic rings. The first-order valence-corrected chi connectivity index (χ1v) is 6.43. The van der Waals surface area contributed by atoms with E-state index in [1.807, 2.05) is 0 Å². The van der Waals surface area contributed by atoms with Crippen LogP contribution in [0.5, 0.6) is 0 Å². The summed E-state index contributed by atoms with van der Waals surface area (Å²) in [5, 5.41) is 0. The van der Waals surface area contributed by atoms with Crippen LogP contribution in [0.2, 0.25) is 0 Å². The van der Waals surface area contributed by atoms with E-state index in [-0.39, 0.29) is 17.4 Å². The summed E-state index contributed by atoms with van der Waals surface area (Å²) >= 11 is 0. The van der Waals surface area contributed by atoms with Crippen molar-refractivity contribution in [2.75, 3.05) is 7.11 Å². The normalized spacial score (nSPS) is 31.4. The summed E-state index contributed by atoms with van der Waals surface area (Å²) in [6, 6.07) is 0.124. The van der Waals surface area contributed by atoms with Crippen molar-refractivity contribution in [3.63, 3.8) is 0 Å². The Balaban J connectivity index is 2.87. The van der Waals surface area contributed by atoms with Crippen molar-refractivity contribution in [3.8, 4) is 0 Å². The third kappa shape index (κ3) is 2.40. The van der Waals surface area contributed by atoms with E-state index in [1.165, 1.54) is 20.0 Å². The minimum atomic E-state index is -0.107. The van der Waals surface area contributed by atoms with Crippen molar-refractivity contribution >= 4 is 5.97 Å². The topological polar surface area (TPSA) is 52.3 Å². The first kappa shape index (κ1) is 13.5. The van der Waals surface area contributed by atoms with Crippen molar-refractivity contribution in [2.45, 2.75) is 58.4 Å². The SMILES string of the molecule is CCC(N)C1(CC(=O)OC)CCCC1CC. The molecule has 1 fully saturated rings. The molecule has 16 heavy (non-hydrogen) atoms. The largest absolute Gasteiger partial charge is 0.469 e. The van der Waals surface area contributed by atoms with Crippen molar-refractivity contribution in [2.24, 2.45) is 17.1 Å². The van der Waals surface area contributed by atoms with Gasteiger partial charge in [-0.05, 0) is 30.6 Å². The van der Waals surface area contributed by atoms with Crippen molar-refractivity contribution in [1.82, 2.24) is 0 Å². The molecule has 0 aliphatic heterocycles. The van der Waals surface area contributed by atoms with E-state index in [9.17, 15) is 4.79 Å². The fourth-order valence-corrected chi connectivity index (χ4v) is 3.38. The molecule has 1 saturated carbocycles. The predicted molar refractivity (Wildman–Crippen MR) is 65.0 cm³/mol. The first-order valence-electron chi connectivity index (χ1n) is 6.43. The third-order valence-electron chi connectivity index (χ3n) is 4.38.